The van der Waals surface area contributed by atoms with Gasteiger partial charge in [0.1, 0.15) is 5.75 Å². The summed E-state index contributed by atoms with van der Waals surface area (Å²) in [5.74, 6) is -0.665. The molecule has 0 bridgehead atoms. The molecule has 1 atom stereocenters. The molecule has 1 unspecified atom stereocenters. The molecule has 0 aliphatic rings. The van der Waals surface area contributed by atoms with Gasteiger partial charge in [0.05, 0.1) is 0 Å². The molecular formula is C15H11BrCl2O3. The van der Waals surface area contributed by atoms with Crippen molar-refractivity contribution in [3.8, 4) is 5.75 Å². The Kier molecular flexibility index (Phi) is 5.51. The Labute approximate surface area is 140 Å². The second-order valence-electron chi connectivity index (χ2n) is 4.28. The zero-order chi connectivity index (χ0) is 15.4. The highest BCUT2D eigenvalue weighted by Crippen LogP contribution is 2.30. The molecule has 0 radical (unpaired) electrons. The molecule has 0 aliphatic heterocycles. The average Bonchev–Trinajstić information content (AvgIpc) is 2.46. The zero-order valence-electron chi connectivity index (χ0n) is 10.7. The molecule has 6 heteroatoms. The van der Waals surface area contributed by atoms with E-state index in [1.165, 1.54) is 6.07 Å². The van der Waals surface area contributed by atoms with Gasteiger partial charge < -0.3 is 9.84 Å². The van der Waals surface area contributed by atoms with Crippen LogP contribution in [0.2, 0.25) is 10.0 Å². The van der Waals surface area contributed by atoms with E-state index < -0.39 is 12.1 Å². The van der Waals surface area contributed by atoms with Crippen molar-refractivity contribution in [2.45, 2.75) is 11.4 Å². The van der Waals surface area contributed by atoms with E-state index >= 15 is 0 Å². The third kappa shape index (κ3) is 4.13. The molecular weight excluding hydrogens is 379 g/mol. The van der Waals surface area contributed by atoms with E-state index in [1.807, 2.05) is 12.1 Å². The Morgan fingerprint density at radius 2 is 1.86 bits per heavy atom. The van der Waals surface area contributed by atoms with E-state index in [0.29, 0.717) is 16.3 Å². The molecule has 0 amide bonds. The third-order valence-corrected chi connectivity index (χ3v) is 4.01. The summed E-state index contributed by atoms with van der Waals surface area (Å²) >= 11 is 15.2. The molecule has 0 spiro atoms. The monoisotopic (exact) mass is 388 g/mol. The van der Waals surface area contributed by atoms with Crippen LogP contribution in [0.5, 0.6) is 5.75 Å². The fraction of sp³-hybridized carbons (Fsp3) is 0.133. The summed E-state index contributed by atoms with van der Waals surface area (Å²) in [6, 6.07) is 11.8. The van der Waals surface area contributed by atoms with Gasteiger partial charge in [-0.25, -0.2) is 4.79 Å². The highest BCUT2D eigenvalue weighted by atomic mass is 79.9. The molecule has 110 valence electrons. The van der Waals surface area contributed by atoms with Crippen molar-refractivity contribution in [1.29, 1.82) is 0 Å². The molecule has 1 N–H and O–H groups in total. The number of carboxylic acid groups (broad SMARTS) is 1. The number of hydrogen-bond acceptors (Lipinski definition) is 2. The highest BCUT2D eigenvalue weighted by Gasteiger charge is 2.24. The number of benzene rings is 2. The topological polar surface area (TPSA) is 46.5 Å². The van der Waals surface area contributed by atoms with Crippen LogP contribution in [0, 0.1) is 0 Å². The number of ether oxygens (including phenoxy) is 1. The van der Waals surface area contributed by atoms with Crippen LogP contribution in [-0.4, -0.2) is 11.1 Å². The lowest BCUT2D eigenvalue weighted by atomic mass is 10.1. The summed E-state index contributed by atoms with van der Waals surface area (Å²) in [4.78, 5) is 11.4. The normalized spacial score (nSPS) is 12.0. The van der Waals surface area contributed by atoms with Gasteiger partial charge in [-0.1, -0.05) is 57.3 Å². The molecule has 2 aromatic carbocycles. The summed E-state index contributed by atoms with van der Waals surface area (Å²) in [5, 5.41) is 10.8. The maximum Gasteiger partial charge on any atom is 0.349 e. The molecule has 0 saturated carbocycles. The smallest absolute Gasteiger partial charge is 0.349 e. The van der Waals surface area contributed by atoms with Gasteiger partial charge in [-0.05, 0) is 29.8 Å². The van der Waals surface area contributed by atoms with E-state index in [0.717, 1.165) is 10.9 Å². The quantitative estimate of drug-likeness (QED) is 0.724. The van der Waals surface area contributed by atoms with Crippen LogP contribution in [0.25, 0.3) is 0 Å². The number of halogens is 3. The standard InChI is InChI=1S/C15H11BrCl2O3/c16-8-9-1-4-11(5-2-9)21-14(15(19)20)12-6-3-10(17)7-13(12)18/h1-7,14H,8H2,(H,19,20). The van der Waals surface area contributed by atoms with Gasteiger partial charge in [-0.3, -0.25) is 0 Å². The van der Waals surface area contributed by atoms with Gasteiger partial charge >= 0.3 is 5.97 Å². The SMILES string of the molecule is O=C(O)C(Oc1ccc(CBr)cc1)c1ccc(Cl)cc1Cl. The minimum Gasteiger partial charge on any atom is -0.478 e. The number of hydrogen-bond donors (Lipinski definition) is 1. The average molecular weight is 390 g/mol. The van der Waals surface area contributed by atoms with Gasteiger partial charge in [0.15, 0.2) is 0 Å². The van der Waals surface area contributed by atoms with Gasteiger partial charge in [-0.2, -0.15) is 0 Å². The van der Waals surface area contributed by atoms with Crippen molar-refractivity contribution < 1.29 is 14.6 Å². The zero-order valence-corrected chi connectivity index (χ0v) is 13.8. The number of rotatable bonds is 5. The molecule has 0 saturated heterocycles. The van der Waals surface area contributed by atoms with Crippen molar-refractivity contribution in [2.75, 3.05) is 0 Å². The molecule has 0 aliphatic carbocycles. The molecule has 2 aromatic rings. The van der Waals surface area contributed by atoms with Crippen molar-refractivity contribution in [3.05, 3.63) is 63.6 Å². The number of aliphatic carboxylic acids is 1. The molecule has 0 heterocycles. The first-order chi connectivity index (χ1) is 10.0. The molecule has 3 nitrogen and oxygen atoms in total. The first kappa shape index (κ1) is 16.1. The predicted molar refractivity (Wildman–Crippen MR) is 86.5 cm³/mol. The van der Waals surface area contributed by atoms with Crippen LogP contribution in [0.1, 0.15) is 17.2 Å². The second-order valence-corrected chi connectivity index (χ2v) is 5.68. The lowest BCUT2D eigenvalue weighted by molar-refractivity contribution is -0.145. The number of carbonyl (C=O) groups is 1. The van der Waals surface area contributed by atoms with Gasteiger partial charge in [0.25, 0.3) is 0 Å². The molecule has 21 heavy (non-hydrogen) atoms. The fourth-order valence-electron chi connectivity index (χ4n) is 1.75. The van der Waals surface area contributed by atoms with Crippen molar-refractivity contribution in [3.63, 3.8) is 0 Å². The lowest BCUT2D eigenvalue weighted by Gasteiger charge is -2.17. The summed E-state index contributed by atoms with van der Waals surface area (Å²) < 4.78 is 5.54. The predicted octanol–water partition coefficient (Wildman–Crippen LogP) is 5.09. The van der Waals surface area contributed by atoms with Crippen molar-refractivity contribution in [2.24, 2.45) is 0 Å². The van der Waals surface area contributed by atoms with Gasteiger partial charge in [-0.15, -0.1) is 0 Å². The maximum absolute atomic E-state index is 11.4. The minimum atomic E-state index is -1.19. The van der Waals surface area contributed by atoms with Crippen LogP contribution in [0.4, 0.5) is 0 Å². The Hall–Kier alpha value is -1.23. The largest absolute Gasteiger partial charge is 0.478 e. The highest BCUT2D eigenvalue weighted by molar-refractivity contribution is 9.08. The van der Waals surface area contributed by atoms with E-state index in [-0.39, 0.29) is 5.02 Å². The first-order valence-electron chi connectivity index (χ1n) is 6.00. The van der Waals surface area contributed by atoms with Crippen LogP contribution < -0.4 is 4.74 Å². The molecule has 0 fully saturated rings. The summed E-state index contributed by atoms with van der Waals surface area (Å²) in [6.45, 7) is 0. The Morgan fingerprint density at radius 3 is 2.38 bits per heavy atom. The van der Waals surface area contributed by atoms with E-state index in [4.69, 9.17) is 27.9 Å². The van der Waals surface area contributed by atoms with Crippen LogP contribution in [0.3, 0.4) is 0 Å². The fourth-order valence-corrected chi connectivity index (χ4v) is 2.64. The number of alkyl halides is 1. The van der Waals surface area contributed by atoms with Gasteiger partial charge in [0.2, 0.25) is 6.10 Å². The molecule has 2 rings (SSSR count). The second kappa shape index (κ2) is 7.16. The van der Waals surface area contributed by atoms with Crippen LogP contribution >= 0.6 is 39.1 Å². The lowest BCUT2D eigenvalue weighted by Crippen LogP contribution is -2.18. The van der Waals surface area contributed by atoms with Crippen molar-refractivity contribution >= 4 is 45.1 Å². The maximum atomic E-state index is 11.4. The van der Waals surface area contributed by atoms with Crippen LogP contribution in [0.15, 0.2) is 42.5 Å². The minimum absolute atomic E-state index is 0.256. The van der Waals surface area contributed by atoms with Gasteiger partial charge in [0, 0.05) is 20.9 Å². The Morgan fingerprint density at radius 1 is 1.19 bits per heavy atom. The van der Waals surface area contributed by atoms with Crippen LogP contribution in [-0.2, 0) is 10.1 Å². The Bertz CT molecular complexity index is 644. The third-order valence-electron chi connectivity index (χ3n) is 2.80. The molecule has 0 aromatic heterocycles. The Balaban J connectivity index is 2.28. The number of carboxylic acids is 1. The summed E-state index contributed by atoms with van der Waals surface area (Å²) in [7, 11) is 0. The van der Waals surface area contributed by atoms with E-state index in [2.05, 4.69) is 15.9 Å². The summed E-state index contributed by atoms with van der Waals surface area (Å²) in [6.07, 6.45) is -1.19. The first-order valence-corrected chi connectivity index (χ1v) is 7.88. The van der Waals surface area contributed by atoms with E-state index in [9.17, 15) is 9.90 Å². The van der Waals surface area contributed by atoms with E-state index in [1.54, 1.807) is 24.3 Å². The summed E-state index contributed by atoms with van der Waals surface area (Å²) in [5.41, 5.74) is 1.43. The van der Waals surface area contributed by atoms with Crippen molar-refractivity contribution in [1.82, 2.24) is 0 Å².